The Morgan fingerprint density at radius 1 is 1.33 bits per heavy atom. The van der Waals surface area contributed by atoms with Gasteiger partial charge in [-0.15, -0.1) is 0 Å². The average molecular weight is 287 g/mol. The van der Waals surface area contributed by atoms with Crippen LogP contribution in [0, 0.1) is 0 Å². The molecular formula is C15H21N5O. The van der Waals surface area contributed by atoms with Crippen LogP contribution in [0.1, 0.15) is 18.3 Å². The maximum Gasteiger partial charge on any atom is 0.158 e. The summed E-state index contributed by atoms with van der Waals surface area (Å²) < 4.78 is 5.39. The molecule has 0 aromatic carbocycles. The minimum Gasteiger partial charge on any atom is -0.374 e. The van der Waals surface area contributed by atoms with Gasteiger partial charge < -0.3 is 15.0 Å². The van der Waals surface area contributed by atoms with Crippen LogP contribution in [-0.2, 0) is 17.9 Å². The summed E-state index contributed by atoms with van der Waals surface area (Å²) in [6.45, 7) is 3.76. The topological polar surface area (TPSA) is 63.2 Å². The van der Waals surface area contributed by atoms with Crippen LogP contribution < -0.4 is 10.2 Å². The molecule has 2 rings (SSSR count). The lowest BCUT2D eigenvalue weighted by Gasteiger charge is -2.19. The molecule has 0 aliphatic carbocycles. The van der Waals surface area contributed by atoms with E-state index in [1.54, 1.807) is 6.20 Å². The fourth-order valence-corrected chi connectivity index (χ4v) is 1.91. The summed E-state index contributed by atoms with van der Waals surface area (Å²) in [6, 6.07) is 5.90. The number of aromatic nitrogens is 3. The van der Waals surface area contributed by atoms with Gasteiger partial charge in [-0.1, -0.05) is 6.07 Å². The Balaban J connectivity index is 2.16. The van der Waals surface area contributed by atoms with Crippen molar-refractivity contribution in [1.82, 2.24) is 15.0 Å². The number of anilines is 2. The molecule has 6 heteroatoms. The maximum absolute atomic E-state index is 5.39. The quantitative estimate of drug-likeness (QED) is 0.841. The highest BCUT2D eigenvalue weighted by atomic mass is 16.5. The predicted molar refractivity (Wildman–Crippen MR) is 83.3 cm³/mol. The number of hydrogen-bond donors (Lipinski definition) is 1. The van der Waals surface area contributed by atoms with E-state index in [-0.39, 0.29) is 0 Å². The van der Waals surface area contributed by atoms with E-state index in [1.165, 1.54) is 0 Å². The molecule has 112 valence electrons. The minimum absolute atomic E-state index is 0.416. The van der Waals surface area contributed by atoms with Crippen LogP contribution in [0.5, 0.6) is 0 Å². The first-order chi connectivity index (χ1) is 10.2. The number of ether oxygens (including phenoxy) is 1. The third-order valence-electron chi connectivity index (χ3n) is 2.98. The Morgan fingerprint density at radius 2 is 2.19 bits per heavy atom. The second-order valence-electron chi connectivity index (χ2n) is 4.63. The molecule has 0 fully saturated rings. The third-order valence-corrected chi connectivity index (χ3v) is 2.98. The van der Waals surface area contributed by atoms with E-state index in [2.05, 4.69) is 25.2 Å². The molecule has 0 aliphatic rings. The standard InChI is InChI=1S/C15H21N5O/c1-4-21-11-14-18-13(16-2)8-15(19-14)20(3)10-12-6-5-7-17-9-12/h5-9H,4,10-11H2,1-3H3,(H,16,18,19). The summed E-state index contributed by atoms with van der Waals surface area (Å²) in [6.07, 6.45) is 3.63. The number of nitrogens with one attached hydrogen (secondary N) is 1. The number of pyridine rings is 1. The third kappa shape index (κ3) is 4.39. The van der Waals surface area contributed by atoms with E-state index < -0.39 is 0 Å². The van der Waals surface area contributed by atoms with Crippen molar-refractivity contribution in [3.8, 4) is 0 Å². The lowest BCUT2D eigenvalue weighted by atomic mass is 10.2. The van der Waals surface area contributed by atoms with Gasteiger partial charge >= 0.3 is 0 Å². The zero-order valence-corrected chi connectivity index (χ0v) is 12.7. The van der Waals surface area contributed by atoms with Gasteiger partial charge in [0.2, 0.25) is 0 Å². The number of nitrogens with zero attached hydrogens (tertiary/aromatic N) is 4. The molecule has 0 aliphatic heterocycles. The maximum atomic E-state index is 5.39. The van der Waals surface area contributed by atoms with E-state index in [9.17, 15) is 0 Å². The number of hydrogen-bond acceptors (Lipinski definition) is 6. The highest BCUT2D eigenvalue weighted by Crippen LogP contribution is 2.17. The predicted octanol–water partition coefficient (Wildman–Crippen LogP) is 2.09. The first-order valence-corrected chi connectivity index (χ1v) is 6.96. The molecule has 0 spiro atoms. The molecule has 0 amide bonds. The molecule has 0 unspecified atom stereocenters. The molecule has 0 bridgehead atoms. The van der Waals surface area contributed by atoms with Gasteiger partial charge in [-0.2, -0.15) is 0 Å². The second kappa shape index (κ2) is 7.54. The van der Waals surface area contributed by atoms with Crippen molar-refractivity contribution >= 4 is 11.6 Å². The van der Waals surface area contributed by atoms with Crippen molar-refractivity contribution in [2.75, 3.05) is 30.9 Å². The van der Waals surface area contributed by atoms with Gasteiger partial charge in [0.05, 0.1) is 0 Å². The fourth-order valence-electron chi connectivity index (χ4n) is 1.91. The van der Waals surface area contributed by atoms with Crippen LogP contribution >= 0.6 is 0 Å². The minimum atomic E-state index is 0.416. The van der Waals surface area contributed by atoms with Gasteiger partial charge in [-0.3, -0.25) is 4.98 Å². The molecule has 0 atom stereocenters. The molecule has 0 radical (unpaired) electrons. The highest BCUT2D eigenvalue weighted by Gasteiger charge is 2.09. The zero-order chi connectivity index (χ0) is 15.1. The molecule has 6 nitrogen and oxygen atoms in total. The summed E-state index contributed by atoms with van der Waals surface area (Å²) in [5.41, 5.74) is 1.14. The normalized spacial score (nSPS) is 10.4. The van der Waals surface area contributed by atoms with Gasteiger partial charge in [0.15, 0.2) is 5.82 Å². The summed E-state index contributed by atoms with van der Waals surface area (Å²) in [5, 5.41) is 3.06. The monoisotopic (exact) mass is 287 g/mol. The van der Waals surface area contributed by atoms with E-state index in [4.69, 9.17) is 4.74 Å². The molecule has 0 saturated heterocycles. The smallest absolute Gasteiger partial charge is 0.158 e. The van der Waals surface area contributed by atoms with E-state index in [1.807, 2.05) is 45.4 Å². The molecule has 0 saturated carbocycles. The van der Waals surface area contributed by atoms with Gasteiger partial charge in [-0.05, 0) is 18.6 Å². The fraction of sp³-hybridized carbons (Fsp3) is 0.400. The lowest BCUT2D eigenvalue weighted by molar-refractivity contribution is 0.128. The van der Waals surface area contributed by atoms with Crippen LogP contribution in [0.25, 0.3) is 0 Å². The largest absolute Gasteiger partial charge is 0.374 e. The van der Waals surface area contributed by atoms with Crippen molar-refractivity contribution in [2.24, 2.45) is 0 Å². The first-order valence-electron chi connectivity index (χ1n) is 6.96. The molecule has 21 heavy (non-hydrogen) atoms. The second-order valence-corrected chi connectivity index (χ2v) is 4.63. The summed E-state index contributed by atoms with van der Waals surface area (Å²) in [4.78, 5) is 15.1. The SMILES string of the molecule is CCOCc1nc(NC)cc(N(C)Cc2cccnc2)n1. The van der Waals surface area contributed by atoms with E-state index in [0.717, 1.165) is 23.7 Å². The van der Waals surface area contributed by atoms with Gasteiger partial charge in [0, 0.05) is 45.7 Å². The van der Waals surface area contributed by atoms with Gasteiger partial charge in [0.25, 0.3) is 0 Å². The molecular weight excluding hydrogens is 266 g/mol. The molecule has 2 aromatic rings. The Labute approximate surface area is 125 Å². The van der Waals surface area contributed by atoms with Crippen LogP contribution in [0.4, 0.5) is 11.6 Å². The van der Waals surface area contributed by atoms with Crippen molar-refractivity contribution in [1.29, 1.82) is 0 Å². The van der Waals surface area contributed by atoms with Crippen molar-refractivity contribution in [3.05, 3.63) is 42.0 Å². The van der Waals surface area contributed by atoms with Gasteiger partial charge in [-0.25, -0.2) is 9.97 Å². The zero-order valence-electron chi connectivity index (χ0n) is 12.7. The van der Waals surface area contributed by atoms with Crippen molar-refractivity contribution < 1.29 is 4.74 Å². The molecule has 2 aromatic heterocycles. The molecule has 2 heterocycles. The Morgan fingerprint density at radius 3 is 2.86 bits per heavy atom. The van der Waals surface area contributed by atoms with Crippen LogP contribution in [0.15, 0.2) is 30.6 Å². The van der Waals surface area contributed by atoms with E-state index in [0.29, 0.717) is 19.0 Å². The van der Waals surface area contributed by atoms with Gasteiger partial charge in [0.1, 0.15) is 18.2 Å². The summed E-state index contributed by atoms with van der Waals surface area (Å²) in [5.74, 6) is 2.32. The Hall–Kier alpha value is -2.21. The lowest BCUT2D eigenvalue weighted by Crippen LogP contribution is -2.19. The number of rotatable bonds is 7. The highest BCUT2D eigenvalue weighted by molar-refractivity contribution is 5.49. The van der Waals surface area contributed by atoms with Crippen LogP contribution in [0.3, 0.4) is 0 Å². The average Bonchev–Trinajstić information content (AvgIpc) is 2.53. The molecule has 1 N–H and O–H groups in total. The summed E-state index contributed by atoms with van der Waals surface area (Å²) >= 11 is 0. The first kappa shape index (κ1) is 15.2. The van der Waals surface area contributed by atoms with Crippen LogP contribution in [0.2, 0.25) is 0 Å². The van der Waals surface area contributed by atoms with Crippen molar-refractivity contribution in [2.45, 2.75) is 20.1 Å². The Kier molecular flexibility index (Phi) is 5.45. The van der Waals surface area contributed by atoms with Crippen LogP contribution in [-0.4, -0.2) is 35.7 Å². The van der Waals surface area contributed by atoms with E-state index >= 15 is 0 Å². The Bertz CT molecular complexity index is 561. The van der Waals surface area contributed by atoms with Crippen molar-refractivity contribution in [3.63, 3.8) is 0 Å². The summed E-state index contributed by atoms with van der Waals surface area (Å²) in [7, 11) is 3.84.